The third kappa shape index (κ3) is 2.76. The molecule has 100 valence electrons. The number of H-pyrrole nitrogens is 1. The van der Waals surface area contributed by atoms with Gasteiger partial charge in [0.2, 0.25) is 5.95 Å². The van der Waals surface area contributed by atoms with Crippen molar-refractivity contribution in [3.63, 3.8) is 0 Å². The van der Waals surface area contributed by atoms with E-state index in [0.717, 1.165) is 16.6 Å². The van der Waals surface area contributed by atoms with E-state index in [-0.39, 0.29) is 0 Å². The number of para-hydroxylation sites is 2. The molecule has 0 saturated carbocycles. The maximum atomic E-state index is 5.93. The highest BCUT2D eigenvalue weighted by molar-refractivity contribution is 6.42. The zero-order chi connectivity index (χ0) is 13.9. The van der Waals surface area contributed by atoms with Gasteiger partial charge in [-0.25, -0.2) is 10.4 Å². The highest BCUT2D eigenvalue weighted by Gasteiger charge is 2.00. The van der Waals surface area contributed by atoms with Gasteiger partial charge in [0.05, 0.1) is 27.3 Å². The van der Waals surface area contributed by atoms with E-state index in [1.165, 1.54) is 0 Å². The Morgan fingerprint density at radius 1 is 1.10 bits per heavy atom. The van der Waals surface area contributed by atoms with Gasteiger partial charge in [0.1, 0.15) is 0 Å². The number of benzene rings is 2. The van der Waals surface area contributed by atoms with Crippen molar-refractivity contribution in [3.05, 3.63) is 58.1 Å². The van der Waals surface area contributed by atoms with Gasteiger partial charge in [-0.3, -0.25) is 0 Å². The number of halogens is 2. The SMILES string of the molecule is Clc1ccc(C=NNc2nc3ccccc3[nH]2)cc1Cl. The van der Waals surface area contributed by atoms with Crippen LogP contribution in [0, 0.1) is 0 Å². The van der Waals surface area contributed by atoms with E-state index in [9.17, 15) is 0 Å². The van der Waals surface area contributed by atoms with Crippen molar-refractivity contribution < 1.29 is 0 Å². The molecule has 6 heteroatoms. The van der Waals surface area contributed by atoms with Gasteiger partial charge in [0, 0.05) is 0 Å². The molecule has 2 aromatic carbocycles. The molecule has 3 aromatic rings. The Morgan fingerprint density at radius 2 is 1.95 bits per heavy atom. The third-order valence-corrected chi connectivity index (χ3v) is 3.46. The van der Waals surface area contributed by atoms with Crippen LogP contribution < -0.4 is 5.43 Å². The van der Waals surface area contributed by atoms with E-state index >= 15 is 0 Å². The van der Waals surface area contributed by atoms with Gasteiger partial charge < -0.3 is 4.98 Å². The summed E-state index contributed by atoms with van der Waals surface area (Å²) in [7, 11) is 0. The zero-order valence-electron chi connectivity index (χ0n) is 10.3. The summed E-state index contributed by atoms with van der Waals surface area (Å²) >= 11 is 11.8. The van der Waals surface area contributed by atoms with Crippen LogP contribution in [0.3, 0.4) is 0 Å². The van der Waals surface area contributed by atoms with E-state index in [1.54, 1.807) is 18.3 Å². The zero-order valence-corrected chi connectivity index (χ0v) is 11.8. The maximum Gasteiger partial charge on any atom is 0.222 e. The van der Waals surface area contributed by atoms with E-state index in [1.807, 2.05) is 30.3 Å². The first-order valence-electron chi connectivity index (χ1n) is 5.91. The number of anilines is 1. The van der Waals surface area contributed by atoms with Gasteiger partial charge in [0.15, 0.2) is 0 Å². The minimum absolute atomic E-state index is 0.499. The molecule has 0 fully saturated rings. The average molecular weight is 305 g/mol. The first-order chi connectivity index (χ1) is 9.72. The molecule has 3 rings (SSSR count). The Labute approximate surface area is 125 Å². The molecular weight excluding hydrogens is 295 g/mol. The van der Waals surface area contributed by atoms with Crippen molar-refractivity contribution in [1.29, 1.82) is 0 Å². The summed E-state index contributed by atoms with van der Waals surface area (Å²) in [5.74, 6) is 0.586. The lowest BCUT2D eigenvalue weighted by atomic mass is 10.2. The normalized spacial score (nSPS) is 11.3. The van der Waals surface area contributed by atoms with Gasteiger partial charge in [-0.2, -0.15) is 5.10 Å². The van der Waals surface area contributed by atoms with E-state index in [0.29, 0.717) is 16.0 Å². The maximum absolute atomic E-state index is 5.93. The molecule has 20 heavy (non-hydrogen) atoms. The fraction of sp³-hybridized carbons (Fsp3) is 0. The number of hydrogen-bond donors (Lipinski definition) is 2. The molecule has 0 atom stereocenters. The van der Waals surface area contributed by atoms with Gasteiger partial charge in [-0.1, -0.05) is 41.4 Å². The third-order valence-electron chi connectivity index (χ3n) is 2.72. The molecule has 0 aliphatic rings. The number of hydrazone groups is 1. The molecule has 1 aromatic heterocycles. The van der Waals surface area contributed by atoms with Crippen LogP contribution >= 0.6 is 23.2 Å². The number of aromatic amines is 1. The molecule has 2 N–H and O–H groups in total. The molecule has 0 saturated heterocycles. The molecule has 0 amide bonds. The Morgan fingerprint density at radius 3 is 2.75 bits per heavy atom. The predicted molar refractivity (Wildman–Crippen MR) is 83.8 cm³/mol. The monoisotopic (exact) mass is 304 g/mol. The van der Waals surface area contributed by atoms with Crippen molar-refractivity contribution in [2.75, 3.05) is 5.43 Å². The molecule has 0 bridgehead atoms. The van der Waals surface area contributed by atoms with Crippen LogP contribution in [-0.4, -0.2) is 16.2 Å². The highest BCUT2D eigenvalue weighted by Crippen LogP contribution is 2.21. The number of rotatable bonds is 3. The number of imidazole rings is 1. The largest absolute Gasteiger partial charge is 0.323 e. The second-order valence-corrected chi connectivity index (χ2v) is 4.96. The summed E-state index contributed by atoms with van der Waals surface area (Å²) in [5.41, 5.74) is 5.54. The quantitative estimate of drug-likeness (QED) is 0.559. The first kappa shape index (κ1) is 13.0. The molecule has 0 spiro atoms. The number of nitrogens with one attached hydrogen (secondary N) is 2. The Bertz CT molecular complexity index is 747. The lowest BCUT2D eigenvalue weighted by molar-refractivity contribution is 1.21. The summed E-state index contributed by atoms with van der Waals surface area (Å²) < 4.78 is 0. The fourth-order valence-corrected chi connectivity index (χ4v) is 2.07. The molecule has 0 unspecified atom stereocenters. The van der Waals surface area contributed by atoms with Gasteiger partial charge in [-0.05, 0) is 29.8 Å². The second kappa shape index (κ2) is 5.53. The lowest BCUT2D eigenvalue weighted by Gasteiger charge is -1.97. The Kier molecular flexibility index (Phi) is 3.58. The lowest BCUT2D eigenvalue weighted by Crippen LogP contribution is -1.92. The van der Waals surface area contributed by atoms with E-state index in [2.05, 4.69) is 20.5 Å². The van der Waals surface area contributed by atoms with Crippen molar-refractivity contribution in [2.45, 2.75) is 0 Å². The summed E-state index contributed by atoms with van der Waals surface area (Å²) in [6.45, 7) is 0. The molecular formula is C14H10Cl2N4. The fourth-order valence-electron chi connectivity index (χ4n) is 1.77. The Hall–Kier alpha value is -2.04. The highest BCUT2D eigenvalue weighted by atomic mass is 35.5. The number of hydrogen-bond acceptors (Lipinski definition) is 3. The minimum atomic E-state index is 0.499. The molecule has 0 aliphatic heterocycles. The van der Waals surface area contributed by atoms with Crippen molar-refractivity contribution in [2.24, 2.45) is 5.10 Å². The molecule has 0 radical (unpaired) electrons. The van der Waals surface area contributed by atoms with Crippen LogP contribution in [0.5, 0.6) is 0 Å². The van der Waals surface area contributed by atoms with E-state index in [4.69, 9.17) is 23.2 Å². The summed E-state index contributed by atoms with van der Waals surface area (Å²) in [6, 6.07) is 13.1. The smallest absolute Gasteiger partial charge is 0.222 e. The van der Waals surface area contributed by atoms with Crippen LogP contribution in [0.25, 0.3) is 11.0 Å². The Balaban J connectivity index is 1.75. The summed E-state index contributed by atoms with van der Waals surface area (Å²) in [4.78, 5) is 7.47. The van der Waals surface area contributed by atoms with Gasteiger partial charge >= 0.3 is 0 Å². The van der Waals surface area contributed by atoms with Crippen molar-refractivity contribution >= 4 is 46.4 Å². The standard InChI is InChI=1S/C14H10Cl2N4/c15-10-6-5-9(7-11(10)16)8-17-20-14-18-12-3-1-2-4-13(12)19-14/h1-8H,(H2,18,19,20). The number of fused-ring (bicyclic) bond motifs is 1. The summed E-state index contributed by atoms with van der Waals surface area (Å²) in [5, 5.41) is 5.13. The van der Waals surface area contributed by atoms with Gasteiger partial charge in [0.25, 0.3) is 0 Å². The van der Waals surface area contributed by atoms with Crippen LogP contribution in [0.2, 0.25) is 10.0 Å². The van der Waals surface area contributed by atoms with Crippen LogP contribution in [0.4, 0.5) is 5.95 Å². The second-order valence-electron chi connectivity index (χ2n) is 4.15. The molecule has 0 aliphatic carbocycles. The van der Waals surface area contributed by atoms with Crippen molar-refractivity contribution in [1.82, 2.24) is 9.97 Å². The van der Waals surface area contributed by atoms with Crippen molar-refractivity contribution in [3.8, 4) is 0 Å². The molecule has 1 heterocycles. The van der Waals surface area contributed by atoms with Gasteiger partial charge in [-0.15, -0.1) is 0 Å². The number of aromatic nitrogens is 2. The van der Waals surface area contributed by atoms with Crippen LogP contribution in [0.15, 0.2) is 47.6 Å². The predicted octanol–water partition coefficient (Wildman–Crippen LogP) is 4.32. The first-order valence-corrected chi connectivity index (χ1v) is 6.67. The summed E-state index contributed by atoms with van der Waals surface area (Å²) in [6.07, 6.45) is 1.65. The van der Waals surface area contributed by atoms with E-state index < -0.39 is 0 Å². The number of nitrogens with zero attached hydrogens (tertiary/aromatic N) is 2. The minimum Gasteiger partial charge on any atom is -0.323 e. The average Bonchev–Trinajstić information content (AvgIpc) is 2.85. The molecule has 4 nitrogen and oxygen atoms in total. The topological polar surface area (TPSA) is 53.1 Å². The van der Waals surface area contributed by atoms with Crippen LogP contribution in [0.1, 0.15) is 5.56 Å². The van der Waals surface area contributed by atoms with Crippen LogP contribution in [-0.2, 0) is 0 Å².